The molecule has 0 saturated heterocycles. The van der Waals surface area contributed by atoms with E-state index in [0.29, 0.717) is 22.2 Å². The lowest BCUT2D eigenvalue weighted by Crippen LogP contribution is -2.24. The van der Waals surface area contributed by atoms with E-state index in [1.54, 1.807) is 35.4 Å². The maximum absolute atomic E-state index is 12.7. The standard InChI is InChI=1S/C19H18Cl2N4O/c1-12(2)18-15(19(26)23-10-13-5-7-22-8-6-13)11-24-25(18)14-3-4-16(20)17(21)9-14/h3-9,11-12H,10H2,1-2H3,(H,23,26). The third-order valence-corrected chi connectivity index (χ3v) is 4.69. The third kappa shape index (κ3) is 3.89. The van der Waals surface area contributed by atoms with Crippen LogP contribution < -0.4 is 5.32 Å². The molecule has 7 heteroatoms. The highest BCUT2D eigenvalue weighted by molar-refractivity contribution is 6.42. The van der Waals surface area contributed by atoms with E-state index in [-0.39, 0.29) is 11.8 Å². The molecule has 3 rings (SSSR count). The van der Waals surface area contributed by atoms with Crippen molar-refractivity contribution >= 4 is 29.1 Å². The average molecular weight is 389 g/mol. The average Bonchev–Trinajstić information content (AvgIpc) is 3.08. The number of nitrogens with zero attached hydrogens (tertiary/aromatic N) is 3. The van der Waals surface area contributed by atoms with Crippen molar-refractivity contribution in [3.63, 3.8) is 0 Å². The van der Waals surface area contributed by atoms with E-state index in [2.05, 4.69) is 15.4 Å². The fraction of sp³-hybridized carbons (Fsp3) is 0.211. The van der Waals surface area contributed by atoms with Gasteiger partial charge in [0.25, 0.3) is 5.91 Å². The normalized spacial score (nSPS) is 11.0. The van der Waals surface area contributed by atoms with Crippen LogP contribution in [-0.2, 0) is 6.54 Å². The number of amides is 1. The van der Waals surface area contributed by atoms with E-state index in [9.17, 15) is 4.79 Å². The number of nitrogens with one attached hydrogen (secondary N) is 1. The van der Waals surface area contributed by atoms with Gasteiger partial charge in [-0.2, -0.15) is 5.10 Å². The number of hydrogen-bond donors (Lipinski definition) is 1. The van der Waals surface area contributed by atoms with E-state index in [4.69, 9.17) is 23.2 Å². The van der Waals surface area contributed by atoms with Crippen LogP contribution in [0.25, 0.3) is 5.69 Å². The van der Waals surface area contributed by atoms with Gasteiger partial charge in [0.15, 0.2) is 0 Å². The topological polar surface area (TPSA) is 59.8 Å². The fourth-order valence-corrected chi connectivity index (χ4v) is 2.98. The first kappa shape index (κ1) is 18.4. The van der Waals surface area contributed by atoms with Gasteiger partial charge < -0.3 is 5.32 Å². The minimum atomic E-state index is -0.170. The molecule has 3 aromatic rings. The first-order valence-corrected chi connectivity index (χ1v) is 8.93. The van der Waals surface area contributed by atoms with Gasteiger partial charge in [-0.05, 0) is 41.8 Å². The molecular formula is C19H18Cl2N4O. The van der Waals surface area contributed by atoms with Crippen molar-refractivity contribution in [1.82, 2.24) is 20.1 Å². The Morgan fingerprint density at radius 2 is 1.88 bits per heavy atom. The lowest BCUT2D eigenvalue weighted by atomic mass is 10.0. The summed E-state index contributed by atoms with van der Waals surface area (Å²) in [6.07, 6.45) is 4.98. The molecule has 0 bridgehead atoms. The lowest BCUT2D eigenvalue weighted by Gasteiger charge is -2.13. The summed E-state index contributed by atoms with van der Waals surface area (Å²) in [5.74, 6) is -0.0783. The smallest absolute Gasteiger partial charge is 0.255 e. The molecule has 26 heavy (non-hydrogen) atoms. The van der Waals surface area contributed by atoms with Crippen molar-refractivity contribution in [2.75, 3.05) is 0 Å². The molecule has 0 aliphatic rings. The Balaban J connectivity index is 1.89. The summed E-state index contributed by atoms with van der Waals surface area (Å²) in [7, 11) is 0. The zero-order chi connectivity index (χ0) is 18.7. The van der Waals surface area contributed by atoms with Crippen LogP contribution in [0.2, 0.25) is 10.0 Å². The van der Waals surface area contributed by atoms with Gasteiger partial charge in [0.1, 0.15) is 0 Å². The number of rotatable bonds is 5. The van der Waals surface area contributed by atoms with Crippen LogP contribution in [0.1, 0.15) is 41.4 Å². The van der Waals surface area contributed by atoms with Gasteiger partial charge in [0.2, 0.25) is 0 Å². The molecule has 0 unspecified atom stereocenters. The summed E-state index contributed by atoms with van der Waals surface area (Å²) in [4.78, 5) is 16.7. The summed E-state index contributed by atoms with van der Waals surface area (Å²) in [5.41, 5.74) is 3.10. The molecule has 0 aliphatic heterocycles. The second-order valence-corrected chi connectivity index (χ2v) is 6.96. The van der Waals surface area contributed by atoms with E-state index < -0.39 is 0 Å². The van der Waals surface area contributed by atoms with Gasteiger partial charge in [0, 0.05) is 18.9 Å². The SMILES string of the molecule is CC(C)c1c(C(=O)NCc2ccncc2)cnn1-c1ccc(Cl)c(Cl)c1. The predicted molar refractivity (Wildman–Crippen MR) is 103 cm³/mol. The number of pyridine rings is 1. The van der Waals surface area contributed by atoms with Gasteiger partial charge in [-0.25, -0.2) is 4.68 Å². The molecule has 1 N–H and O–H groups in total. The van der Waals surface area contributed by atoms with Crippen molar-refractivity contribution in [2.24, 2.45) is 0 Å². The Labute approximate surface area is 162 Å². The Kier molecular flexibility index (Phi) is 5.59. The van der Waals surface area contributed by atoms with Crippen molar-refractivity contribution in [2.45, 2.75) is 26.3 Å². The van der Waals surface area contributed by atoms with Crippen LogP contribution in [-0.4, -0.2) is 20.7 Å². The van der Waals surface area contributed by atoms with Crippen LogP contribution >= 0.6 is 23.2 Å². The van der Waals surface area contributed by atoms with Gasteiger partial charge in [-0.15, -0.1) is 0 Å². The summed E-state index contributed by atoms with van der Waals surface area (Å²) in [6, 6.07) is 9.01. The zero-order valence-corrected chi connectivity index (χ0v) is 15.9. The second kappa shape index (κ2) is 7.89. The number of aromatic nitrogens is 3. The van der Waals surface area contributed by atoms with Crippen molar-refractivity contribution in [1.29, 1.82) is 0 Å². The Morgan fingerprint density at radius 1 is 1.15 bits per heavy atom. The molecule has 0 fully saturated rings. The molecule has 0 radical (unpaired) electrons. The molecule has 2 heterocycles. The van der Waals surface area contributed by atoms with E-state index in [0.717, 1.165) is 16.9 Å². The molecule has 0 saturated carbocycles. The van der Waals surface area contributed by atoms with Crippen LogP contribution in [0.5, 0.6) is 0 Å². The summed E-state index contributed by atoms with van der Waals surface area (Å²) >= 11 is 12.1. The molecule has 134 valence electrons. The predicted octanol–water partition coefficient (Wildman–Crippen LogP) is 4.63. The fourth-order valence-electron chi connectivity index (χ4n) is 2.69. The van der Waals surface area contributed by atoms with Crippen molar-refractivity contribution in [3.05, 3.63) is 75.8 Å². The van der Waals surface area contributed by atoms with Gasteiger partial charge in [0.05, 0.1) is 33.2 Å². The molecule has 0 atom stereocenters. The Hall–Kier alpha value is -2.37. The molecule has 0 aliphatic carbocycles. The first-order valence-electron chi connectivity index (χ1n) is 8.18. The van der Waals surface area contributed by atoms with E-state index in [1.807, 2.05) is 32.0 Å². The summed E-state index contributed by atoms with van der Waals surface area (Å²) in [5, 5.41) is 8.25. The Morgan fingerprint density at radius 3 is 2.54 bits per heavy atom. The van der Waals surface area contributed by atoms with Crippen LogP contribution in [0.15, 0.2) is 48.9 Å². The molecular weight excluding hydrogens is 371 g/mol. The Bertz CT molecular complexity index is 923. The molecule has 1 amide bonds. The van der Waals surface area contributed by atoms with Gasteiger partial charge in [-0.1, -0.05) is 37.0 Å². The lowest BCUT2D eigenvalue weighted by molar-refractivity contribution is 0.0949. The zero-order valence-electron chi connectivity index (χ0n) is 14.4. The number of halogens is 2. The molecule has 5 nitrogen and oxygen atoms in total. The minimum Gasteiger partial charge on any atom is -0.348 e. The highest BCUT2D eigenvalue weighted by Crippen LogP contribution is 2.28. The summed E-state index contributed by atoms with van der Waals surface area (Å²) < 4.78 is 1.73. The van der Waals surface area contributed by atoms with Crippen LogP contribution in [0, 0.1) is 0 Å². The maximum Gasteiger partial charge on any atom is 0.255 e. The van der Waals surface area contributed by atoms with E-state index in [1.165, 1.54) is 0 Å². The number of carbonyl (C=O) groups is 1. The molecule has 2 aromatic heterocycles. The van der Waals surface area contributed by atoms with Crippen LogP contribution in [0.3, 0.4) is 0 Å². The van der Waals surface area contributed by atoms with Crippen molar-refractivity contribution in [3.8, 4) is 5.69 Å². The number of carbonyl (C=O) groups excluding carboxylic acids is 1. The quantitative estimate of drug-likeness (QED) is 0.692. The highest BCUT2D eigenvalue weighted by atomic mass is 35.5. The van der Waals surface area contributed by atoms with E-state index >= 15 is 0 Å². The molecule has 1 aromatic carbocycles. The largest absolute Gasteiger partial charge is 0.348 e. The van der Waals surface area contributed by atoms with Crippen molar-refractivity contribution < 1.29 is 4.79 Å². The minimum absolute atomic E-state index is 0.0913. The van der Waals surface area contributed by atoms with Gasteiger partial charge >= 0.3 is 0 Å². The molecule has 0 spiro atoms. The third-order valence-electron chi connectivity index (χ3n) is 3.95. The monoisotopic (exact) mass is 388 g/mol. The first-order chi connectivity index (χ1) is 12.5. The van der Waals surface area contributed by atoms with Gasteiger partial charge in [-0.3, -0.25) is 9.78 Å². The highest BCUT2D eigenvalue weighted by Gasteiger charge is 2.21. The van der Waals surface area contributed by atoms with Crippen LogP contribution in [0.4, 0.5) is 0 Å². The maximum atomic E-state index is 12.7. The number of hydrogen-bond acceptors (Lipinski definition) is 3. The number of benzene rings is 1. The second-order valence-electron chi connectivity index (χ2n) is 6.15. The summed E-state index contributed by atoms with van der Waals surface area (Å²) in [6.45, 7) is 4.46.